The summed E-state index contributed by atoms with van der Waals surface area (Å²) in [4.78, 5) is 26.6. The Morgan fingerprint density at radius 3 is 2.26 bits per heavy atom. The fourth-order valence-electron chi connectivity index (χ4n) is 5.32. The summed E-state index contributed by atoms with van der Waals surface area (Å²) in [6.07, 6.45) is -8.90. The number of para-hydroxylation sites is 1. The molecule has 46 heavy (non-hydrogen) atoms. The summed E-state index contributed by atoms with van der Waals surface area (Å²) < 4.78 is 92.0. The number of hydrogen-bond acceptors (Lipinski definition) is 5. The van der Waals surface area contributed by atoms with E-state index in [1.54, 1.807) is 12.1 Å². The Morgan fingerprint density at radius 1 is 1.00 bits per heavy atom. The Morgan fingerprint density at radius 2 is 1.67 bits per heavy atom. The first-order chi connectivity index (χ1) is 21.7. The lowest BCUT2D eigenvalue weighted by molar-refractivity contribution is -0.175. The van der Waals surface area contributed by atoms with E-state index in [4.69, 9.17) is 27.9 Å². The lowest BCUT2D eigenvalue weighted by atomic mass is 9.90. The van der Waals surface area contributed by atoms with Gasteiger partial charge in [-0.15, -0.1) is 0 Å². The molecule has 1 aliphatic carbocycles. The quantitative estimate of drug-likeness (QED) is 0.227. The van der Waals surface area contributed by atoms with Crippen LogP contribution >= 0.6 is 23.2 Å². The molecule has 0 aromatic heterocycles. The number of amides is 1. The standard InChI is InChI=1S/C31H26Cl2F4N2O6S/c32-20-10-8-18(9-11-20)28-29(19-4-3-5-21(33)14-19)45-26(15-27(40)41)30(42)39(28)22(16-31(35,36)37)17-38(46(43,44)23-12-13-23)25-7-2-1-6-24(25)34/h1-11,14,16,23,26,28-29H,12-13,15,17H2,(H,40,41)/b22-16+/t26-,28-,29-/m1/s1. The number of allylic oxidation sites excluding steroid dienone is 1. The largest absolute Gasteiger partial charge is 0.481 e. The van der Waals surface area contributed by atoms with Crippen LogP contribution in [0.15, 0.2) is 84.6 Å². The van der Waals surface area contributed by atoms with Gasteiger partial charge in [-0.3, -0.25) is 13.9 Å². The van der Waals surface area contributed by atoms with Crippen molar-refractivity contribution in [3.63, 3.8) is 0 Å². The molecule has 15 heteroatoms. The van der Waals surface area contributed by atoms with Gasteiger partial charge in [-0.25, -0.2) is 12.8 Å². The summed E-state index contributed by atoms with van der Waals surface area (Å²) in [5, 5.41) is 9.13. The van der Waals surface area contributed by atoms with E-state index in [9.17, 15) is 36.3 Å². The zero-order chi connectivity index (χ0) is 33.4. The number of ether oxygens (including phenoxy) is 1. The van der Waals surface area contributed by atoms with Crippen molar-refractivity contribution in [2.24, 2.45) is 0 Å². The molecule has 3 aromatic carbocycles. The van der Waals surface area contributed by atoms with Crippen LogP contribution in [-0.2, 0) is 24.3 Å². The van der Waals surface area contributed by atoms with Crippen LogP contribution in [0.3, 0.4) is 0 Å². The summed E-state index contributed by atoms with van der Waals surface area (Å²) in [6.45, 7) is -1.11. The van der Waals surface area contributed by atoms with E-state index < -0.39 is 81.7 Å². The van der Waals surface area contributed by atoms with Crippen LogP contribution in [0.2, 0.25) is 10.0 Å². The molecule has 244 valence electrons. The number of alkyl halides is 3. The predicted octanol–water partition coefficient (Wildman–Crippen LogP) is 7.06. The molecular formula is C31H26Cl2F4N2O6S. The SMILES string of the molecule is O=C(O)C[C@H]1O[C@H](c2cccc(Cl)c2)[C@@H](c2ccc(Cl)cc2)N(/C(=C/C(F)(F)F)CN(c2ccccc2F)S(=O)(=O)C2CC2)C1=O. The van der Waals surface area contributed by atoms with Crippen LogP contribution in [0.1, 0.15) is 42.5 Å². The maximum Gasteiger partial charge on any atom is 0.411 e. The molecule has 3 aromatic rings. The van der Waals surface area contributed by atoms with Gasteiger partial charge in [-0.1, -0.05) is 59.6 Å². The monoisotopic (exact) mass is 700 g/mol. The number of hydrogen-bond donors (Lipinski definition) is 1. The number of rotatable bonds is 10. The van der Waals surface area contributed by atoms with Gasteiger partial charge >= 0.3 is 12.1 Å². The molecule has 1 aliphatic heterocycles. The number of carbonyl (C=O) groups excluding carboxylic acids is 1. The van der Waals surface area contributed by atoms with Crippen LogP contribution in [0.25, 0.3) is 0 Å². The number of nitrogens with zero attached hydrogens (tertiary/aromatic N) is 2. The van der Waals surface area contributed by atoms with Crippen molar-refractivity contribution in [3.8, 4) is 0 Å². The highest BCUT2D eigenvalue weighted by Gasteiger charge is 2.49. The third-order valence-corrected chi connectivity index (χ3v) is 10.2. The molecule has 1 amide bonds. The molecule has 5 rings (SSSR count). The molecule has 3 atom stereocenters. The lowest BCUT2D eigenvalue weighted by Gasteiger charge is -2.46. The third kappa shape index (κ3) is 7.49. The van der Waals surface area contributed by atoms with Crippen LogP contribution < -0.4 is 4.31 Å². The van der Waals surface area contributed by atoms with Gasteiger partial charge in [0.2, 0.25) is 10.0 Å². The van der Waals surface area contributed by atoms with Gasteiger partial charge in [0, 0.05) is 21.8 Å². The highest BCUT2D eigenvalue weighted by atomic mass is 35.5. The molecule has 2 aliphatic rings. The lowest BCUT2D eigenvalue weighted by Crippen LogP contribution is -2.53. The first-order valence-corrected chi connectivity index (χ1v) is 16.2. The van der Waals surface area contributed by atoms with E-state index >= 15 is 4.39 Å². The maximum absolute atomic E-state index is 15.1. The Hall–Kier alpha value is -3.65. The van der Waals surface area contributed by atoms with E-state index in [-0.39, 0.29) is 34.5 Å². The zero-order valence-electron chi connectivity index (χ0n) is 23.7. The van der Waals surface area contributed by atoms with Crippen LogP contribution in [0.5, 0.6) is 0 Å². The molecule has 1 heterocycles. The number of anilines is 1. The topological polar surface area (TPSA) is 104 Å². The van der Waals surface area contributed by atoms with Crippen molar-refractivity contribution in [3.05, 3.63) is 112 Å². The van der Waals surface area contributed by atoms with Crippen LogP contribution in [0.4, 0.5) is 23.2 Å². The molecular weight excluding hydrogens is 675 g/mol. The second kappa shape index (κ2) is 13.2. The minimum absolute atomic E-state index is 0.215. The molecule has 0 radical (unpaired) electrons. The van der Waals surface area contributed by atoms with Gasteiger partial charge in [-0.2, -0.15) is 13.2 Å². The Labute approximate surface area is 271 Å². The first-order valence-electron chi connectivity index (χ1n) is 13.9. The van der Waals surface area contributed by atoms with E-state index in [2.05, 4.69) is 0 Å². The van der Waals surface area contributed by atoms with Gasteiger partial charge in [0.05, 0.1) is 29.9 Å². The number of aliphatic carboxylic acids is 1. The van der Waals surface area contributed by atoms with E-state index in [1.165, 1.54) is 48.5 Å². The fourth-order valence-corrected chi connectivity index (χ4v) is 7.47. The van der Waals surface area contributed by atoms with Gasteiger partial charge in [0.25, 0.3) is 5.91 Å². The number of carboxylic acids is 1. The van der Waals surface area contributed by atoms with E-state index in [0.717, 1.165) is 12.1 Å². The molecule has 1 N–H and O–H groups in total. The predicted molar refractivity (Wildman–Crippen MR) is 162 cm³/mol. The van der Waals surface area contributed by atoms with Gasteiger partial charge in [0.1, 0.15) is 18.0 Å². The molecule has 1 saturated heterocycles. The number of sulfonamides is 1. The van der Waals surface area contributed by atoms with Crippen molar-refractivity contribution < 1.29 is 45.4 Å². The summed E-state index contributed by atoms with van der Waals surface area (Å²) in [6, 6.07) is 15.1. The highest BCUT2D eigenvalue weighted by molar-refractivity contribution is 7.93. The Balaban J connectivity index is 1.75. The fraction of sp³-hybridized carbons (Fsp3) is 0.290. The smallest absolute Gasteiger partial charge is 0.411 e. The molecule has 0 unspecified atom stereocenters. The minimum Gasteiger partial charge on any atom is -0.481 e. The highest BCUT2D eigenvalue weighted by Crippen LogP contribution is 2.46. The van der Waals surface area contributed by atoms with Crippen molar-refractivity contribution in [2.75, 3.05) is 10.8 Å². The first kappa shape index (κ1) is 33.7. The van der Waals surface area contributed by atoms with E-state index in [0.29, 0.717) is 14.8 Å². The second-order valence-electron chi connectivity index (χ2n) is 10.8. The molecule has 1 saturated carbocycles. The minimum atomic E-state index is -5.10. The van der Waals surface area contributed by atoms with Gasteiger partial charge in [-0.05, 0) is 60.4 Å². The summed E-state index contributed by atoms with van der Waals surface area (Å²) in [5.41, 5.74) is -0.870. The summed E-state index contributed by atoms with van der Waals surface area (Å²) >= 11 is 12.3. The summed E-state index contributed by atoms with van der Waals surface area (Å²) in [5.74, 6) is -3.66. The number of morpholine rings is 1. The molecule has 8 nitrogen and oxygen atoms in total. The molecule has 0 bridgehead atoms. The number of carboxylic acid groups (broad SMARTS) is 1. The van der Waals surface area contributed by atoms with E-state index in [1.807, 2.05) is 0 Å². The summed E-state index contributed by atoms with van der Waals surface area (Å²) in [7, 11) is -4.41. The van der Waals surface area contributed by atoms with Gasteiger partial charge in [0.15, 0.2) is 0 Å². The van der Waals surface area contributed by atoms with Gasteiger partial charge < -0.3 is 14.7 Å². The number of benzene rings is 3. The third-order valence-electron chi connectivity index (χ3n) is 7.46. The van der Waals surface area contributed by atoms with Crippen molar-refractivity contribution in [1.29, 1.82) is 0 Å². The number of halogens is 6. The van der Waals surface area contributed by atoms with Crippen molar-refractivity contribution in [2.45, 2.75) is 48.9 Å². The average molecular weight is 702 g/mol. The number of carbonyl (C=O) groups is 2. The maximum atomic E-state index is 15.1. The molecule has 0 spiro atoms. The van der Waals surface area contributed by atoms with Crippen molar-refractivity contribution >= 4 is 50.8 Å². The van der Waals surface area contributed by atoms with Crippen LogP contribution in [0, 0.1) is 5.82 Å². The zero-order valence-corrected chi connectivity index (χ0v) is 26.0. The normalized spacial score (nSPS) is 20.9. The Bertz CT molecular complexity index is 1770. The molecule has 2 fully saturated rings. The van der Waals surface area contributed by atoms with Crippen LogP contribution in [-0.4, -0.2) is 54.4 Å². The van der Waals surface area contributed by atoms with Crippen molar-refractivity contribution in [1.82, 2.24) is 4.90 Å². The average Bonchev–Trinajstić information content (AvgIpc) is 3.83. The second-order valence-corrected chi connectivity index (χ2v) is 13.8. The Kier molecular flexibility index (Phi) is 9.69.